The molecule has 36 heavy (non-hydrogen) atoms. The molecule has 0 aromatic carbocycles. The molecule has 0 aliphatic rings. The second-order valence-corrected chi connectivity index (χ2v) is 10.5. The number of rotatable bonds is 27. The van der Waals surface area contributed by atoms with E-state index in [2.05, 4.69) is 43.5 Å². The molecule has 2 atom stereocenters. The maximum absolute atomic E-state index is 12.2. The lowest BCUT2D eigenvalue weighted by Crippen LogP contribution is -2.45. The summed E-state index contributed by atoms with van der Waals surface area (Å²) in [6.45, 7) is 4.28. The molecular weight excluding hydrogens is 446 g/mol. The monoisotopic (exact) mass is 507 g/mol. The van der Waals surface area contributed by atoms with Crippen molar-refractivity contribution in [2.24, 2.45) is 0 Å². The second-order valence-electron chi connectivity index (χ2n) is 10.5. The first-order chi connectivity index (χ1) is 17.7. The predicted octanol–water partition coefficient (Wildman–Crippen LogP) is 8.56. The predicted molar refractivity (Wildman–Crippen MR) is 156 cm³/mol. The number of unbranched alkanes of at least 4 members (excludes halogenated alkanes) is 16. The van der Waals surface area contributed by atoms with Crippen LogP contribution in [0.1, 0.15) is 155 Å². The Morgan fingerprint density at radius 1 is 0.667 bits per heavy atom. The number of carbonyl (C=O) groups is 1. The van der Waals surface area contributed by atoms with Gasteiger partial charge in [-0.2, -0.15) is 0 Å². The molecule has 4 heteroatoms. The lowest BCUT2D eigenvalue weighted by Gasteiger charge is -2.22. The second kappa shape index (κ2) is 28.4. The molecule has 0 saturated heterocycles. The summed E-state index contributed by atoms with van der Waals surface area (Å²) in [5, 5.41) is 22.8. The Labute approximate surface area is 224 Å². The molecule has 212 valence electrons. The van der Waals surface area contributed by atoms with Crippen LogP contribution in [0.5, 0.6) is 0 Å². The van der Waals surface area contributed by atoms with Crippen molar-refractivity contribution in [3.05, 3.63) is 24.3 Å². The minimum Gasteiger partial charge on any atom is -0.394 e. The van der Waals surface area contributed by atoms with Crippen LogP contribution in [0.15, 0.2) is 24.3 Å². The minimum atomic E-state index is -0.659. The lowest BCUT2D eigenvalue weighted by molar-refractivity contribution is -0.123. The maximum atomic E-state index is 12.2. The molecule has 0 aliphatic carbocycles. The van der Waals surface area contributed by atoms with Gasteiger partial charge in [0.2, 0.25) is 5.91 Å². The van der Waals surface area contributed by atoms with Crippen molar-refractivity contribution < 1.29 is 15.0 Å². The molecule has 0 fully saturated rings. The molecule has 4 nitrogen and oxygen atoms in total. The van der Waals surface area contributed by atoms with Crippen LogP contribution < -0.4 is 5.32 Å². The molecule has 0 aromatic rings. The average molecular weight is 508 g/mol. The summed E-state index contributed by atoms with van der Waals surface area (Å²) >= 11 is 0. The molecule has 0 saturated carbocycles. The van der Waals surface area contributed by atoms with Crippen molar-refractivity contribution in [3.63, 3.8) is 0 Å². The van der Waals surface area contributed by atoms with Crippen LogP contribution in [0.2, 0.25) is 0 Å². The Morgan fingerprint density at radius 3 is 1.72 bits per heavy atom. The first-order valence-electron chi connectivity index (χ1n) is 15.5. The summed E-state index contributed by atoms with van der Waals surface area (Å²) in [5.41, 5.74) is 0. The third-order valence-electron chi connectivity index (χ3n) is 6.97. The number of hydrogen-bond donors (Lipinski definition) is 3. The molecule has 0 radical (unpaired) electrons. The lowest BCUT2D eigenvalue weighted by atomic mass is 10.0. The van der Waals surface area contributed by atoms with E-state index in [-0.39, 0.29) is 12.5 Å². The SMILES string of the molecule is CCCCC/C=C\C/C=C\CCCCCCCC(=O)NC(CO)C(O)CCCCCCCCCCC. The van der Waals surface area contributed by atoms with E-state index in [9.17, 15) is 15.0 Å². The van der Waals surface area contributed by atoms with Crippen molar-refractivity contribution in [2.45, 2.75) is 167 Å². The maximum Gasteiger partial charge on any atom is 0.220 e. The minimum absolute atomic E-state index is 0.0501. The quantitative estimate of drug-likeness (QED) is 0.0770. The van der Waals surface area contributed by atoms with E-state index in [1.54, 1.807) is 0 Å². The number of aliphatic hydroxyl groups is 2. The standard InChI is InChI=1S/C32H61NO3/c1-3-5-7-9-11-13-14-15-16-17-18-20-22-24-26-28-32(36)33-30(29-34)31(35)27-25-23-21-19-12-10-8-6-4-2/h11,13,15-16,30-31,34-35H,3-10,12,14,17-29H2,1-2H3,(H,33,36)/b13-11-,16-15-. The Bertz CT molecular complexity index is 518. The van der Waals surface area contributed by atoms with Gasteiger partial charge >= 0.3 is 0 Å². The van der Waals surface area contributed by atoms with Gasteiger partial charge in [-0.15, -0.1) is 0 Å². The Kier molecular flexibility index (Phi) is 27.5. The summed E-state index contributed by atoms with van der Waals surface area (Å²) < 4.78 is 0. The highest BCUT2D eigenvalue weighted by atomic mass is 16.3. The van der Waals surface area contributed by atoms with Crippen LogP contribution in [0, 0.1) is 0 Å². The zero-order valence-corrected chi connectivity index (χ0v) is 24.0. The Balaban J connectivity index is 3.64. The molecule has 0 aliphatic heterocycles. The molecule has 1 amide bonds. The van der Waals surface area contributed by atoms with E-state index in [1.165, 1.54) is 83.5 Å². The highest BCUT2D eigenvalue weighted by Crippen LogP contribution is 2.13. The van der Waals surface area contributed by atoms with Crippen molar-refractivity contribution in [1.29, 1.82) is 0 Å². The van der Waals surface area contributed by atoms with Gasteiger partial charge < -0.3 is 15.5 Å². The Morgan fingerprint density at radius 2 is 1.14 bits per heavy atom. The normalized spacial score (nSPS) is 13.6. The van der Waals surface area contributed by atoms with Gasteiger partial charge in [-0.05, 0) is 44.9 Å². The molecule has 3 N–H and O–H groups in total. The summed E-state index contributed by atoms with van der Waals surface area (Å²) in [6.07, 6.45) is 33.6. The zero-order valence-electron chi connectivity index (χ0n) is 24.0. The first kappa shape index (κ1) is 34.9. The largest absolute Gasteiger partial charge is 0.394 e. The molecule has 0 spiro atoms. The number of allylic oxidation sites excluding steroid dienone is 4. The van der Waals surface area contributed by atoms with E-state index in [1.807, 2.05) is 0 Å². The summed E-state index contributed by atoms with van der Waals surface area (Å²) in [4.78, 5) is 12.2. The number of hydrogen-bond acceptors (Lipinski definition) is 3. The summed E-state index contributed by atoms with van der Waals surface area (Å²) in [6, 6.07) is -0.537. The van der Waals surface area contributed by atoms with Crippen LogP contribution in [-0.2, 0) is 4.79 Å². The fourth-order valence-corrected chi connectivity index (χ4v) is 4.50. The summed E-state index contributed by atoms with van der Waals surface area (Å²) in [7, 11) is 0. The number of amides is 1. The van der Waals surface area contributed by atoms with Crippen LogP contribution in [0.3, 0.4) is 0 Å². The van der Waals surface area contributed by atoms with Gasteiger partial charge in [0, 0.05) is 6.42 Å². The van der Waals surface area contributed by atoms with Crippen LogP contribution in [0.4, 0.5) is 0 Å². The molecular formula is C32H61NO3. The zero-order chi connectivity index (χ0) is 26.5. The first-order valence-corrected chi connectivity index (χ1v) is 15.5. The van der Waals surface area contributed by atoms with Gasteiger partial charge in [0.05, 0.1) is 18.8 Å². The molecule has 0 aromatic heterocycles. The molecule has 0 rings (SSSR count). The highest BCUT2D eigenvalue weighted by molar-refractivity contribution is 5.76. The summed E-state index contributed by atoms with van der Waals surface area (Å²) in [5.74, 6) is -0.0501. The number of nitrogens with one attached hydrogen (secondary N) is 1. The fourth-order valence-electron chi connectivity index (χ4n) is 4.50. The van der Waals surface area contributed by atoms with Crippen LogP contribution >= 0.6 is 0 Å². The van der Waals surface area contributed by atoms with Crippen molar-refractivity contribution in [2.75, 3.05) is 6.61 Å². The topological polar surface area (TPSA) is 69.6 Å². The van der Waals surface area contributed by atoms with Gasteiger partial charge in [-0.25, -0.2) is 0 Å². The average Bonchev–Trinajstić information content (AvgIpc) is 2.88. The number of carbonyl (C=O) groups excluding carboxylic acids is 1. The van der Waals surface area contributed by atoms with Gasteiger partial charge in [0.15, 0.2) is 0 Å². The van der Waals surface area contributed by atoms with E-state index in [0.29, 0.717) is 12.8 Å². The van der Waals surface area contributed by atoms with Crippen molar-refractivity contribution in [3.8, 4) is 0 Å². The van der Waals surface area contributed by atoms with E-state index in [0.717, 1.165) is 44.9 Å². The van der Waals surface area contributed by atoms with Gasteiger partial charge in [-0.1, -0.05) is 128 Å². The van der Waals surface area contributed by atoms with E-state index in [4.69, 9.17) is 0 Å². The van der Waals surface area contributed by atoms with Crippen LogP contribution in [-0.4, -0.2) is 34.9 Å². The third kappa shape index (κ3) is 24.6. The van der Waals surface area contributed by atoms with E-state index >= 15 is 0 Å². The number of aliphatic hydroxyl groups excluding tert-OH is 2. The van der Waals surface area contributed by atoms with Gasteiger partial charge in [-0.3, -0.25) is 4.79 Å². The van der Waals surface area contributed by atoms with E-state index < -0.39 is 12.1 Å². The van der Waals surface area contributed by atoms with Crippen molar-refractivity contribution in [1.82, 2.24) is 5.32 Å². The Hall–Kier alpha value is -1.13. The molecule has 0 bridgehead atoms. The van der Waals surface area contributed by atoms with Gasteiger partial charge in [0.1, 0.15) is 0 Å². The van der Waals surface area contributed by atoms with Gasteiger partial charge in [0.25, 0.3) is 0 Å². The smallest absolute Gasteiger partial charge is 0.220 e. The van der Waals surface area contributed by atoms with Crippen molar-refractivity contribution >= 4 is 5.91 Å². The fraction of sp³-hybridized carbons (Fsp3) is 0.844. The van der Waals surface area contributed by atoms with Crippen LogP contribution in [0.25, 0.3) is 0 Å². The molecule has 0 heterocycles. The third-order valence-corrected chi connectivity index (χ3v) is 6.97. The highest BCUT2D eigenvalue weighted by Gasteiger charge is 2.19. The molecule has 2 unspecified atom stereocenters.